The number of esters is 8. The van der Waals surface area contributed by atoms with E-state index >= 15 is 0 Å². The highest BCUT2D eigenvalue weighted by molar-refractivity contribution is 5.69. The van der Waals surface area contributed by atoms with E-state index in [0.717, 1.165) is 55.4 Å². The lowest BCUT2D eigenvalue weighted by Gasteiger charge is -2.48. The Morgan fingerprint density at radius 2 is 0.702 bits per heavy atom. The molecule has 0 aromatic rings. The number of ether oxygens (including phenoxy) is 11. The first-order chi connectivity index (χ1) is 21.9. The van der Waals surface area contributed by atoms with Gasteiger partial charge in [-0.3, -0.25) is 38.4 Å². The largest absolute Gasteiger partial charge is 0.463 e. The predicted octanol–water partition coefficient (Wildman–Crippen LogP) is -0.831. The van der Waals surface area contributed by atoms with Crippen molar-refractivity contribution in [3.8, 4) is 0 Å². The maximum atomic E-state index is 12.3. The van der Waals surface area contributed by atoms with Crippen molar-refractivity contribution >= 4 is 47.8 Å². The van der Waals surface area contributed by atoms with E-state index in [1.54, 1.807) is 0 Å². The van der Waals surface area contributed by atoms with Crippen LogP contribution in [0.5, 0.6) is 0 Å². The number of rotatable bonds is 12. The van der Waals surface area contributed by atoms with E-state index in [-0.39, 0.29) is 0 Å². The third-order valence-electron chi connectivity index (χ3n) is 6.17. The van der Waals surface area contributed by atoms with Gasteiger partial charge in [0.25, 0.3) is 0 Å². The fraction of sp³-hybridized carbons (Fsp3) is 0.714. The number of hydrogen-bond acceptors (Lipinski definition) is 19. The van der Waals surface area contributed by atoms with Gasteiger partial charge in [-0.05, 0) is 0 Å². The van der Waals surface area contributed by atoms with E-state index in [2.05, 4.69) is 0 Å². The molecule has 264 valence electrons. The molecule has 2 saturated heterocycles. The van der Waals surface area contributed by atoms with E-state index in [4.69, 9.17) is 52.1 Å². The van der Waals surface area contributed by atoms with Gasteiger partial charge in [0, 0.05) is 55.4 Å². The van der Waals surface area contributed by atoms with Gasteiger partial charge in [0.15, 0.2) is 36.8 Å². The molecule has 47 heavy (non-hydrogen) atoms. The van der Waals surface area contributed by atoms with Crippen LogP contribution in [0.3, 0.4) is 0 Å². The zero-order valence-electron chi connectivity index (χ0n) is 26.9. The molecule has 0 unspecified atom stereocenters. The number of carbonyl (C=O) groups is 8. The van der Waals surface area contributed by atoms with Gasteiger partial charge in [-0.25, -0.2) is 0 Å². The van der Waals surface area contributed by atoms with E-state index in [9.17, 15) is 38.4 Å². The van der Waals surface area contributed by atoms with Crippen molar-refractivity contribution in [2.24, 2.45) is 0 Å². The van der Waals surface area contributed by atoms with Crippen LogP contribution in [0.2, 0.25) is 0 Å². The fourth-order valence-corrected chi connectivity index (χ4v) is 4.73. The molecular formula is C28H38O19. The highest BCUT2D eigenvalue weighted by atomic mass is 16.8. The van der Waals surface area contributed by atoms with Crippen LogP contribution in [0.15, 0.2) is 0 Å². The molecule has 0 amide bonds. The van der Waals surface area contributed by atoms with Crippen molar-refractivity contribution in [2.45, 2.75) is 117 Å². The van der Waals surface area contributed by atoms with E-state index in [1.807, 2.05) is 0 Å². The molecule has 19 nitrogen and oxygen atoms in total. The topological polar surface area (TPSA) is 238 Å². The van der Waals surface area contributed by atoms with Gasteiger partial charge in [-0.1, -0.05) is 0 Å². The first-order valence-corrected chi connectivity index (χ1v) is 14.2. The lowest BCUT2D eigenvalue weighted by atomic mass is 9.96. The summed E-state index contributed by atoms with van der Waals surface area (Å²) in [5, 5.41) is 0. The van der Waals surface area contributed by atoms with E-state index < -0.39 is 122 Å². The van der Waals surface area contributed by atoms with Crippen LogP contribution in [-0.2, 0) is 90.5 Å². The summed E-state index contributed by atoms with van der Waals surface area (Å²) in [4.78, 5) is 96.4. The van der Waals surface area contributed by atoms with Gasteiger partial charge in [0.1, 0.15) is 31.5 Å². The molecule has 19 heteroatoms. The molecule has 0 spiro atoms. The summed E-state index contributed by atoms with van der Waals surface area (Å²) >= 11 is 0. The molecule has 10 atom stereocenters. The molecule has 2 heterocycles. The Labute approximate surface area is 268 Å². The Bertz CT molecular complexity index is 1200. The highest BCUT2D eigenvalue weighted by Crippen LogP contribution is 2.35. The lowest BCUT2D eigenvalue weighted by molar-refractivity contribution is -0.358. The maximum Gasteiger partial charge on any atom is 0.305 e. The van der Waals surface area contributed by atoms with Crippen LogP contribution in [-0.4, -0.2) is 122 Å². The predicted molar refractivity (Wildman–Crippen MR) is 145 cm³/mol. The summed E-state index contributed by atoms with van der Waals surface area (Å²) in [6.45, 7) is 7.06. The minimum Gasteiger partial charge on any atom is -0.463 e. The van der Waals surface area contributed by atoms with Crippen molar-refractivity contribution < 1.29 is 90.5 Å². The zero-order valence-corrected chi connectivity index (χ0v) is 26.9. The van der Waals surface area contributed by atoms with E-state index in [0.29, 0.717) is 0 Å². The summed E-state index contributed by atoms with van der Waals surface area (Å²) in [7, 11) is 0. The molecule has 0 bridgehead atoms. The standard InChI is InChI=1S/C28H38O19/c1-11(29)37-9-19-21(39-13(3)31)23(41-15(5)33)25(42-16(6)34)28(46-19)47-24-22(40-14(4)32)20(10-38-12(2)30)45-27(44-18(8)36)26(24)43-17(7)35/h19-28H,9-10H2,1-8H3/t19-,20-,21+,22+,23+,24+,25-,26-,27-,28-/m1/s1. The Morgan fingerprint density at radius 1 is 0.383 bits per heavy atom. The molecule has 2 fully saturated rings. The van der Waals surface area contributed by atoms with Crippen LogP contribution >= 0.6 is 0 Å². The normalized spacial score (nSPS) is 30.0. The Hall–Kier alpha value is -4.36. The van der Waals surface area contributed by atoms with Crippen LogP contribution < -0.4 is 0 Å². The van der Waals surface area contributed by atoms with Crippen molar-refractivity contribution in [3.05, 3.63) is 0 Å². The Morgan fingerprint density at radius 3 is 1.09 bits per heavy atom. The number of carbonyl (C=O) groups excluding carboxylic acids is 8. The summed E-state index contributed by atoms with van der Waals surface area (Å²) in [6, 6.07) is 0. The maximum absolute atomic E-state index is 12.3. The molecule has 0 saturated carbocycles. The molecule has 0 aromatic carbocycles. The monoisotopic (exact) mass is 678 g/mol. The van der Waals surface area contributed by atoms with Crippen molar-refractivity contribution in [3.63, 3.8) is 0 Å². The molecule has 2 rings (SSSR count). The summed E-state index contributed by atoms with van der Waals surface area (Å²) in [5.41, 5.74) is 0. The van der Waals surface area contributed by atoms with Crippen molar-refractivity contribution in [1.29, 1.82) is 0 Å². The van der Waals surface area contributed by atoms with Crippen LogP contribution in [0.4, 0.5) is 0 Å². The second-order valence-corrected chi connectivity index (χ2v) is 10.3. The molecular weight excluding hydrogens is 640 g/mol. The van der Waals surface area contributed by atoms with Gasteiger partial charge in [-0.2, -0.15) is 0 Å². The minimum absolute atomic E-state index is 0.587. The van der Waals surface area contributed by atoms with Gasteiger partial charge in [-0.15, -0.1) is 0 Å². The molecule has 0 N–H and O–H groups in total. The minimum atomic E-state index is -1.86. The average Bonchev–Trinajstić information content (AvgIpc) is 2.91. The average molecular weight is 679 g/mol. The molecule has 2 aliphatic heterocycles. The quantitative estimate of drug-likeness (QED) is 0.181. The third kappa shape index (κ3) is 12.1. The smallest absolute Gasteiger partial charge is 0.305 e. The lowest BCUT2D eigenvalue weighted by Crippen LogP contribution is -2.67. The SMILES string of the molecule is CC(=O)OC[C@H]1O[C@H](O[C@H]2[C@@H](OC(C)=O)[C@@H](COC(C)=O)O[C@@H](OC(C)=O)[C@@H]2OC(C)=O)[C@H](OC(C)=O)[C@@H](OC(C)=O)[C@H]1OC(C)=O. The Balaban J connectivity index is 2.75. The zero-order chi connectivity index (χ0) is 35.6. The molecule has 0 aromatic heterocycles. The van der Waals surface area contributed by atoms with E-state index in [1.165, 1.54) is 0 Å². The van der Waals surface area contributed by atoms with Gasteiger partial charge in [0.05, 0.1) is 0 Å². The highest BCUT2D eigenvalue weighted by Gasteiger charge is 2.58. The third-order valence-corrected chi connectivity index (χ3v) is 6.17. The summed E-state index contributed by atoms with van der Waals surface area (Å²) < 4.78 is 60.2. The fourth-order valence-electron chi connectivity index (χ4n) is 4.73. The van der Waals surface area contributed by atoms with Crippen LogP contribution in [0.1, 0.15) is 55.4 Å². The van der Waals surface area contributed by atoms with Gasteiger partial charge >= 0.3 is 47.8 Å². The molecule has 0 radical (unpaired) electrons. The number of hydrogen-bond donors (Lipinski definition) is 0. The van der Waals surface area contributed by atoms with Crippen LogP contribution in [0, 0.1) is 0 Å². The second-order valence-electron chi connectivity index (χ2n) is 10.3. The van der Waals surface area contributed by atoms with Crippen LogP contribution in [0.25, 0.3) is 0 Å². The van der Waals surface area contributed by atoms with Crippen molar-refractivity contribution in [2.75, 3.05) is 13.2 Å². The summed E-state index contributed by atoms with van der Waals surface area (Å²) in [6.07, 6.45) is -16.4. The molecule has 2 aliphatic rings. The second kappa shape index (κ2) is 17.5. The van der Waals surface area contributed by atoms with Gasteiger partial charge in [0.2, 0.25) is 6.29 Å². The Kier molecular flexibility index (Phi) is 14.5. The van der Waals surface area contributed by atoms with Gasteiger partial charge < -0.3 is 52.1 Å². The summed E-state index contributed by atoms with van der Waals surface area (Å²) in [5.74, 6) is -7.04. The first-order valence-electron chi connectivity index (χ1n) is 14.2. The van der Waals surface area contributed by atoms with Crippen molar-refractivity contribution in [1.82, 2.24) is 0 Å². The first kappa shape index (κ1) is 38.8. The molecule has 0 aliphatic carbocycles.